The van der Waals surface area contributed by atoms with Crippen LogP contribution >= 0.6 is 11.6 Å². The van der Waals surface area contributed by atoms with Crippen LogP contribution in [0, 0.1) is 0 Å². The Morgan fingerprint density at radius 2 is 1.64 bits per heavy atom. The second kappa shape index (κ2) is 7.92. The van der Waals surface area contributed by atoms with E-state index in [-0.39, 0.29) is 0 Å². The van der Waals surface area contributed by atoms with Crippen LogP contribution in [0.15, 0.2) is 79.1 Å². The molecule has 3 aromatic rings. The van der Waals surface area contributed by atoms with Gasteiger partial charge in [0.25, 0.3) is 0 Å². The lowest BCUT2D eigenvalue weighted by Gasteiger charge is -2.22. The topological polar surface area (TPSA) is 59.4 Å². The normalized spacial score (nSPS) is 13.0. The predicted molar refractivity (Wildman–Crippen MR) is 95.5 cm³/mol. The first-order valence-electron chi connectivity index (χ1n) is 7.75. The van der Waals surface area contributed by atoms with Crippen LogP contribution in [0.1, 0.15) is 23.1 Å². The van der Waals surface area contributed by atoms with Crippen molar-refractivity contribution in [1.29, 1.82) is 0 Å². The van der Waals surface area contributed by atoms with Crippen molar-refractivity contribution in [3.8, 4) is 5.75 Å². The first kappa shape index (κ1) is 17.1. The van der Waals surface area contributed by atoms with E-state index in [1.54, 1.807) is 54.7 Å². The lowest BCUT2D eigenvalue weighted by molar-refractivity contribution is -0.139. The van der Waals surface area contributed by atoms with Crippen LogP contribution in [0.5, 0.6) is 5.75 Å². The Hall–Kier alpha value is -2.69. The Morgan fingerprint density at radius 1 is 0.960 bits per heavy atom. The van der Waals surface area contributed by atoms with E-state index in [1.165, 1.54) is 6.20 Å². The maximum absolute atomic E-state index is 12.8. The number of nitrogens with zero attached hydrogens (tertiary/aromatic N) is 1. The zero-order valence-electron chi connectivity index (χ0n) is 13.2. The Bertz CT molecular complexity index is 823. The van der Waals surface area contributed by atoms with Gasteiger partial charge in [-0.3, -0.25) is 9.78 Å². The summed E-state index contributed by atoms with van der Waals surface area (Å²) in [6.45, 7) is 0. The van der Waals surface area contributed by atoms with Crippen LogP contribution in [0.3, 0.4) is 0 Å². The molecule has 126 valence electrons. The highest BCUT2D eigenvalue weighted by atomic mass is 35.5. The Kier molecular flexibility index (Phi) is 5.43. The van der Waals surface area contributed by atoms with Gasteiger partial charge in [-0.05, 0) is 35.9 Å². The molecule has 2 unspecified atom stereocenters. The summed E-state index contributed by atoms with van der Waals surface area (Å²) < 4.78 is 5.45. The Balaban J connectivity index is 1.90. The molecule has 1 aromatic heterocycles. The van der Waals surface area contributed by atoms with Crippen molar-refractivity contribution in [3.05, 3.63) is 95.3 Å². The lowest BCUT2D eigenvalue weighted by Crippen LogP contribution is -2.25. The summed E-state index contributed by atoms with van der Waals surface area (Å²) >= 11 is 5.85. The molecule has 1 heterocycles. The number of aliphatic hydroxyl groups is 1. The smallest absolute Gasteiger partial charge is 0.321 e. The van der Waals surface area contributed by atoms with Gasteiger partial charge in [-0.15, -0.1) is 0 Å². The number of aliphatic hydroxyl groups excluding tert-OH is 1. The number of pyridine rings is 1. The number of carbonyl (C=O) groups is 1. The monoisotopic (exact) mass is 353 g/mol. The van der Waals surface area contributed by atoms with E-state index in [1.807, 2.05) is 18.2 Å². The standard InChI is InChI=1S/C20H16ClNO3/c21-16-8-10-17(11-9-16)25-20(24)18(14-5-2-1-3-6-14)19(23)15-7-4-12-22-13-15/h1-13,18-19,23H. The van der Waals surface area contributed by atoms with Crippen LogP contribution in [0.2, 0.25) is 5.02 Å². The number of hydrogen-bond donors (Lipinski definition) is 1. The van der Waals surface area contributed by atoms with Gasteiger partial charge in [0.05, 0.1) is 6.10 Å². The SMILES string of the molecule is O=C(Oc1ccc(Cl)cc1)C(c1ccccc1)C(O)c1cccnc1. The maximum atomic E-state index is 12.8. The Labute approximate surface area is 150 Å². The van der Waals surface area contributed by atoms with Gasteiger partial charge < -0.3 is 9.84 Å². The average molecular weight is 354 g/mol. The maximum Gasteiger partial charge on any atom is 0.321 e. The van der Waals surface area contributed by atoms with Crippen molar-refractivity contribution < 1.29 is 14.6 Å². The molecular weight excluding hydrogens is 338 g/mol. The van der Waals surface area contributed by atoms with E-state index in [9.17, 15) is 9.90 Å². The fraction of sp³-hybridized carbons (Fsp3) is 0.100. The van der Waals surface area contributed by atoms with Crippen LogP contribution in [-0.2, 0) is 4.79 Å². The van der Waals surface area contributed by atoms with E-state index >= 15 is 0 Å². The molecule has 2 atom stereocenters. The molecule has 5 heteroatoms. The molecule has 25 heavy (non-hydrogen) atoms. The highest BCUT2D eigenvalue weighted by molar-refractivity contribution is 6.30. The van der Waals surface area contributed by atoms with Gasteiger partial charge in [0.15, 0.2) is 0 Å². The number of benzene rings is 2. The van der Waals surface area contributed by atoms with Crippen LogP contribution in [0.25, 0.3) is 0 Å². The average Bonchev–Trinajstić information content (AvgIpc) is 2.65. The third-order valence-corrected chi connectivity index (χ3v) is 4.04. The molecule has 0 bridgehead atoms. The highest BCUT2D eigenvalue weighted by Crippen LogP contribution is 2.32. The molecule has 0 aliphatic heterocycles. The number of halogens is 1. The fourth-order valence-electron chi connectivity index (χ4n) is 2.53. The first-order chi connectivity index (χ1) is 12.1. The fourth-order valence-corrected chi connectivity index (χ4v) is 2.66. The summed E-state index contributed by atoms with van der Waals surface area (Å²) in [7, 11) is 0. The molecule has 3 rings (SSSR count). The summed E-state index contributed by atoms with van der Waals surface area (Å²) in [6.07, 6.45) is 2.08. The minimum absolute atomic E-state index is 0.369. The van der Waals surface area contributed by atoms with Crippen LogP contribution in [0.4, 0.5) is 0 Å². The number of ether oxygens (including phenoxy) is 1. The van der Waals surface area contributed by atoms with E-state index in [0.29, 0.717) is 21.9 Å². The third kappa shape index (κ3) is 4.24. The largest absolute Gasteiger partial charge is 0.426 e. The number of carbonyl (C=O) groups excluding carboxylic acids is 1. The number of aromatic nitrogens is 1. The van der Waals surface area contributed by atoms with Crippen molar-refractivity contribution >= 4 is 17.6 Å². The van der Waals surface area contributed by atoms with Crippen LogP contribution < -0.4 is 4.74 Å². The number of rotatable bonds is 5. The van der Waals surface area contributed by atoms with Gasteiger partial charge in [0, 0.05) is 23.0 Å². The molecule has 1 N–H and O–H groups in total. The number of hydrogen-bond acceptors (Lipinski definition) is 4. The molecule has 0 radical (unpaired) electrons. The van der Waals surface area contributed by atoms with E-state index in [2.05, 4.69) is 4.98 Å². The molecular formula is C20H16ClNO3. The quantitative estimate of drug-likeness (QED) is 0.552. The second-order valence-electron chi connectivity index (χ2n) is 5.49. The second-order valence-corrected chi connectivity index (χ2v) is 5.93. The van der Waals surface area contributed by atoms with E-state index in [0.717, 1.165) is 0 Å². The van der Waals surface area contributed by atoms with Crippen molar-refractivity contribution in [1.82, 2.24) is 4.98 Å². The molecule has 0 spiro atoms. The van der Waals surface area contributed by atoms with Crippen molar-refractivity contribution in [2.75, 3.05) is 0 Å². The summed E-state index contributed by atoms with van der Waals surface area (Å²) in [6, 6.07) is 19.0. The summed E-state index contributed by atoms with van der Waals surface area (Å²) in [4.78, 5) is 16.8. The highest BCUT2D eigenvalue weighted by Gasteiger charge is 2.31. The first-order valence-corrected chi connectivity index (χ1v) is 8.13. The summed E-state index contributed by atoms with van der Waals surface area (Å²) in [5.74, 6) is -1.06. The molecule has 0 saturated heterocycles. The van der Waals surface area contributed by atoms with Crippen molar-refractivity contribution in [3.63, 3.8) is 0 Å². The van der Waals surface area contributed by atoms with Gasteiger partial charge in [-0.2, -0.15) is 0 Å². The third-order valence-electron chi connectivity index (χ3n) is 3.79. The van der Waals surface area contributed by atoms with Gasteiger partial charge in [0.2, 0.25) is 0 Å². The van der Waals surface area contributed by atoms with Gasteiger partial charge >= 0.3 is 5.97 Å². The zero-order valence-corrected chi connectivity index (χ0v) is 14.0. The molecule has 2 aromatic carbocycles. The van der Waals surface area contributed by atoms with E-state index < -0.39 is 18.0 Å². The zero-order chi connectivity index (χ0) is 17.6. The summed E-state index contributed by atoms with van der Waals surface area (Å²) in [5, 5.41) is 11.3. The minimum atomic E-state index is -1.07. The molecule has 0 fully saturated rings. The molecule has 0 aliphatic rings. The van der Waals surface area contributed by atoms with Crippen molar-refractivity contribution in [2.24, 2.45) is 0 Å². The van der Waals surface area contributed by atoms with Gasteiger partial charge in [0.1, 0.15) is 11.7 Å². The minimum Gasteiger partial charge on any atom is -0.426 e. The molecule has 0 amide bonds. The molecule has 0 aliphatic carbocycles. The lowest BCUT2D eigenvalue weighted by atomic mass is 9.90. The van der Waals surface area contributed by atoms with Crippen molar-refractivity contribution in [2.45, 2.75) is 12.0 Å². The predicted octanol–water partition coefficient (Wildman–Crippen LogP) is 4.16. The van der Waals surface area contributed by atoms with Gasteiger partial charge in [-0.1, -0.05) is 48.0 Å². The summed E-state index contributed by atoms with van der Waals surface area (Å²) in [5.41, 5.74) is 1.21. The van der Waals surface area contributed by atoms with E-state index in [4.69, 9.17) is 16.3 Å². The molecule has 0 saturated carbocycles. The van der Waals surface area contributed by atoms with Crippen LogP contribution in [-0.4, -0.2) is 16.1 Å². The van der Waals surface area contributed by atoms with Gasteiger partial charge in [-0.25, -0.2) is 0 Å². The Morgan fingerprint density at radius 3 is 2.28 bits per heavy atom. The molecule has 4 nitrogen and oxygen atoms in total. The number of esters is 1.